The van der Waals surface area contributed by atoms with Crippen molar-refractivity contribution in [1.29, 1.82) is 0 Å². The number of ether oxygens (including phenoxy) is 3. The third kappa shape index (κ3) is 6.44. The van der Waals surface area contributed by atoms with Gasteiger partial charge in [-0.3, -0.25) is 24.0 Å². The summed E-state index contributed by atoms with van der Waals surface area (Å²) >= 11 is 6.74. The van der Waals surface area contributed by atoms with E-state index in [0.29, 0.717) is 0 Å². The zero-order valence-corrected chi connectivity index (χ0v) is 22.0. The number of ketones is 1. The Morgan fingerprint density at radius 1 is 1.26 bits per heavy atom. The number of hydrogen-bond donors (Lipinski definition) is 1. The average Bonchev–Trinajstić information content (AvgIpc) is 2.79. The van der Waals surface area contributed by atoms with Crippen LogP contribution in [0, 0.1) is 10.8 Å². The number of rotatable bonds is 10. The maximum Gasteiger partial charge on any atom is 0.320 e. The van der Waals surface area contributed by atoms with Gasteiger partial charge in [0.1, 0.15) is 23.9 Å². The number of Topliss-reactive ketones (excluding diaryl/α,β-unsaturated/α-hetero) is 1. The maximum absolute atomic E-state index is 13.1. The van der Waals surface area contributed by atoms with Crippen molar-refractivity contribution in [1.82, 2.24) is 10.2 Å². The molecule has 0 aromatic rings. The summed E-state index contributed by atoms with van der Waals surface area (Å²) in [6, 6.07) is -0.930. The SMILES string of the molecule is COCC1(C(=O)OC(C)OC(=O)C(C)(C)C)CS[C@@H]2C(NC(=O)C(=NOC)C(=O)CCl)C(=O)N2C1. The largest absolute Gasteiger partial charge is 0.425 e. The van der Waals surface area contributed by atoms with E-state index in [0.717, 1.165) is 0 Å². The third-order valence-electron chi connectivity index (χ3n) is 5.23. The minimum atomic E-state index is -1.21. The molecule has 1 N–H and O–H groups in total. The molecule has 2 aliphatic heterocycles. The van der Waals surface area contributed by atoms with Crippen molar-refractivity contribution in [2.45, 2.75) is 45.4 Å². The zero-order chi connectivity index (χ0) is 26.6. The molecule has 0 saturated carbocycles. The summed E-state index contributed by atoms with van der Waals surface area (Å²) in [6.07, 6.45) is -1.14. The van der Waals surface area contributed by atoms with Crippen molar-refractivity contribution < 1.29 is 43.0 Å². The van der Waals surface area contributed by atoms with Crippen molar-refractivity contribution in [3.63, 3.8) is 0 Å². The molecule has 12 nitrogen and oxygen atoms in total. The molecule has 0 radical (unpaired) electrons. The topological polar surface area (TPSA) is 150 Å². The molecule has 2 heterocycles. The predicted molar refractivity (Wildman–Crippen MR) is 125 cm³/mol. The molecule has 4 atom stereocenters. The van der Waals surface area contributed by atoms with E-state index >= 15 is 0 Å². The van der Waals surface area contributed by atoms with E-state index in [-0.39, 0.29) is 18.9 Å². The molecular weight excluding hydrogens is 506 g/mol. The van der Waals surface area contributed by atoms with Gasteiger partial charge in [-0.1, -0.05) is 5.16 Å². The maximum atomic E-state index is 13.1. The Labute approximate surface area is 212 Å². The van der Waals surface area contributed by atoms with Gasteiger partial charge in [0.2, 0.25) is 23.7 Å². The molecule has 0 aromatic carbocycles. The van der Waals surface area contributed by atoms with Crippen LogP contribution in [0.2, 0.25) is 0 Å². The highest BCUT2D eigenvalue weighted by atomic mass is 35.5. The highest BCUT2D eigenvalue weighted by Gasteiger charge is 2.58. The van der Waals surface area contributed by atoms with E-state index < -0.39 is 69.7 Å². The van der Waals surface area contributed by atoms with E-state index in [2.05, 4.69) is 15.3 Å². The Balaban J connectivity index is 2.08. The number of carbonyl (C=O) groups excluding carboxylic acids is 5. The molecule has 0 bridgehead atoms. The summed E-state index contributed by atoms with van der Waals surface area (Å²) < 4.78 is 15.8. The van der Waals surface area contributed by atoms with Crippen LogP contribution in [0.25, 0.3) is 0 Å². The van der Waals surface area contributed by atoms with Gasteiger partial charge < -0.3 is 29.3 Å². The Bertz CT molecular complexity index is 907. The van der Waals surface area contributed by atoms with E-state index in [4.69, 9.17) is 25.8 Å². The number of fused-ring (bicyclic) bond motifs is 1. The number of esters is 2. The molecule has 14 heteroatoms. The molecule has 35 heavy (non-hydrogen) atoms. The Morgan fingerprint density at radius 2 is 1.91 bits per heavy atom. The number of nitrogens with one attached hydrogen (secondary N) is 1. The summed E-state index contributed by atoms with van der Waals surface area (Å²) in [6.45, 7) is 6.39. The lowest BCUT2D eigenvalue weighted by Crippen LogP contribution is -2.74. The molecule has 2 amide bonds. The molecule has 3 unspecified atom stereocenters. The fourth-order valence-electron chi connectivity index (χ4n) is 3.38. The number of nitrogens with zero attached hydrogens (tertiary/aromatic N) is 2. The van der Waals surface area contributed by atoms with Gasteiger partial charge in [-0.05, 0) is 20.8 Å². The summed E-state index contributed by atoms with van der Waals surface area (Å²) in [5, 5.41) is 5.39. The lowest BCUT2D eigenvalue weighted by molar-refractivity contribution is -0.199. The van der Waals surface area contributed by atoms with Crippen molar-refractivity contribution in [2.24, 2.45) is 16.0 Å². The molecule has 0 spiro atoms. The lowest BCUT2D eigenvalue weighted by Gasteiger charge is -2.53. The summed E-state index contributed by atoms with van der Waals surface area (Å²) in [7, 11) is 2.59. The smallest absolute Gasteiger partial charge is 0.320 e. The quantitative estimate of drug-likeness (QED) is 0.0787. The Morgan fingerprint density at radius 3 is 2.46 bits per heavy atom. The van der Waals surface area contributed by atoms with Crippen LogP contribution in [0.3, 0.4) is 0 Å². The minimum absolute atomic E-state index is 0.0257. The van der Waals surface area contributed by atoms with Crippen LogP contribution in [0.4, 0.5) is 0 Å². The third-order valence-corrected chi connectivity index (χ3v) is 7.06. The molecule has 196 valence electrons. The fraction of sp³-hybridized carbons (Fsp3) is 0.714. The van der Waals surface area contributed by atoms with Crippen molar-refractivity contribution in [3.8, 4) is 0 Å². The first-order chi connectivity index (χ1) is 16.3. The van der Waals surface area contributed by atoms with Gasteiger partial charge in [0.25, 0.3) is 5.91 Å². The first-order valence-electron chi connectivity index (χ1n) is 10.7. The lowest BCUT2D eigenvalue weighted by atomic mass is 9.88. The van der Waals surface area contributed by atoms with Crippen LogP contribution in [0.5, 0.6) is 0 Å². The van der Waals surface area contributed by atoms with Crippen molar-refractivity contribution in [3.05, 3.63) is 0 Å². The van der Waals surface area contributed by atoms with E-state index in [1.165, 1.54) is 37.8 Å². The Hall–Kier alpha value is -2.38. The van der Waals surface area contributed by atoms with Gasteiger partial charge in [-0.25, -0.2) is 0 Å². The Kier molecular flexibility index (Phi) is 9.54. The van der Waals surface area contributed by atoms with Gasteiger partial charge in [-0.2, -0.15) is 0 Å². The van der Waals surface area contributed by atoms with Crippen molar-refractivity contribution in [2.75, 3.05) is 39.0 Å². The first kappa shape index (κ1) is 28.9. The zero-order valence-electron chi connectivity index (χ0n) is 20.4. The monoisotopic (exact) mass is 535 g/mol. The average molecular weight is 536 g/mol. The summed E-state index contributed by atoms with van der Waals surface area (Å²) in [4.78, 5) is 68.2. The minimum Gasteiger partial charge on any atom is -0.425 e. The van der Waals surface area contributed by atoms with Crippen LogP contribution in [0.15, 0.2) is 5.16 Å². The van der Waals surface area contributed by atoms with Gasteiger partial charge in [0.05, 0.1) is 17.9 Å². The second-order valence-corrected chi connectivity index (χ2v) is 10.5. The normalized spacial score (nSPS) is 25.1. The molecule has 2 aliphatic rings. The molecule has 2 rings (SSSR count). The van der Waals surface area contributed by atoms with Gasteiger partial charge in [0, 0.05) is 26.3 Å². The number of alkyl halides is 1. The molecule has 2 saturated heterocycles. The number of amides is 2. The standard InChI is InChI=1S/C21H30ClN3O9S/c1-11(33-18(29)20(2,3)4)34-19(30)21(9-31-5)8-25-16(28)14(17(25)35-10-21)23-15(27)13(24-32-6)12(26)7-22/h11,14,17H,7-10H2,1-6H3,(H,23,27)/t11?,14?,17-,21?/m1/s1. The second-order valence-electron chi connectivity index (χ2n) is 9.14. The number of hydrogen-bond acceptors (Lipinski definition) is 11. The molecule has 2 fully saturated rings. The molecular formula is C21H30ClN3O9S. The number of halogens is 1. The van der Waals surface area contributed by atoms with E-state index in [1.807, 2.05) is 0 Å². The second kappa shape index (κ2) is 11.6. The first-order valence-corrected chi connectivity index (χ1v) is 12.2. The summed E-state index contributed by atoms with van der Waals surface area (Å²) in [5.74, 6) is -3.58. The number of methoxy groups -OCH3 is 1. The molecule has 0 aliphatic carbocycles. The van der Waals surface area contributed by atoms with Gasteiger partial charge >= 0.3 is 11.9 Å². The van der Waals surface area contributed by atoms with Gasteiger partial charge in [0.15, 0.2) is 0 Å². The van der Waals surface area contributed by atoms with Crippen LogP contribution in [-0.4, -0.2) is 96.9 Å². The highest BCUT2D eigenvalue weighted by molar-refractivity contribution is 8.00. The van der Waals surface area contributed by atoms with Crippen LogP contribution < -0.4 is 5.32 Å². The fourth-order valence-corrected chi connectivity index (χ4v) is 5.03. The molecule has 0 aromatic heterocycles. The predicted octanol–water partition coefficient (Wildman–Crippen LogP) is 0.308. The highest BCUT2D eigenvalue weighted by Crippen LogP contribution is 2.43. The number of thioether (sulfide) groups is 1. The van der Waals surface area contributed by atoms with E-state index in [9.17, 15) is 24.0 Å². The van der Waals surface area contributed by atoms with Gasteiger partial charge in [-0.15, -0.1) is 23.4 Å². The van der Waals surface area contributed by atoms with Crippen LogP contribution in [0.1, 0.15) is 27.7 Å². The summed E-state index contributed by atoms with van der Waals surface area (Å²) in [5.41, 5.74) is -2.53. The van der Waals surface area contributed by atoms with Crippen LogP contribution in [-0.2, 0) is 43.0 Å². The number of β-lactam (4-membered cyclic amide) rings is 1. The van der Waals surface area contributed by atoms with E-state index in [1.54, 1.807) is 20.8 Å². The number of oxime groups is 1. The van der Waals surface area contributed by atoms with Crippen LogP contribution >= 0.6 is 23.4 Å². The van der Waals surface area contributed by atoms with Crippen molar-refractivity contribution >= 4 is 58.6 Å². The number of carbonyl (C=O) groups is 5.